The van der Waals surface area contributed by atoms with E-state index in [9.17, 15) is 4.79 Å². The third-order valence-corrected chi connectivity index (χ3v) is 5.86. The Morgan fingerprint density at radius 1 is 1.07 bits per heavy atom. The van der Waals surface area contributed by atoms with Crippen molar-refractivity contribution in [1.29, 1.82) is 0 Å². The van der Waals surface area contributed by atoms with Gasteiger partial charge in [0.25, 0.3) is 0 Å². The fourth-order valence-corrected chi connectivity index (χ4v) is 3.85. The molecule has 0 bridgehead atoms. The smallest absolute Gasteiger partial charge is 0.319 e. The minimum absolute atomic E-state index is 0.225. The molecule has 7 heteroatoms. The molecule has 0 aliphatic rings. The van der Waals surface area contributed by atoms with E-state index in [0.29, 0.717) is 37.2 Å². The standard InChI is InChI=1S/C23H27N3O3S/c1-4-20(22(27)28-5-2)30-23-25-24-21(16-29-19-13-11-17(3)12-14-19)26(23)15-18-9-7-6-8-10-18/h6-14,20H,4-5,15-16H2,1-3H3/t20-/m0/s1. The van der Waals surface area contributed by atoms with Crippen molar-refractivity contribution in [2.24, 2.45) is 0 Å². The molecule has 3 rings (SSSR count). The molecule has 3 aromatic rings. The Kier molecular flexibility index (Phi) is 7.90. The molecule has 0 spiro atoms. The van der Waals surface area contributed by atoms with Crippen LogP contribution in [0.1, 0.15) is 37.2 Å². The van der Waals surface area contributed by atoms with Gasteiger partial charge in [0.2, 0.25) is 0 Å². The Labute approximate surface area is 181 Å². The highest BCUT2D eigenvalue weighted by molar-refractivity contribution is 8.00. The highest BCUT2D eigenvalue weighted by Crippen LogP contribution is 2.27. The Hall–Kier alpha value is -2.80. The third kappa shape index (κ3) is 5.86. The van der Waals surface area contributed by atoms with Gasteiger partial charge in [-0.05, 0) is 38.0 Å². The number of carbonyl (C=O) groups excluding carboxylic acids is 1. The van der Waals surface area contributed by atoms with Gasteiger partial charge in [0.1, 0.15) is 17.6 Å². The van der Waals surface area contributed by atoms with Crippen LogP contribution in [0.5, 0.6) is 5.75 Å². The van der Waals surface area contributed by atoms with Crippen molar-refractivity contribution in [1.82, 2.24) is 14.8 Å². The molecular formula is C23H27N3O3S. The van der Waals surface area contributed by atoms with E-state index in [4.69, 9.17) is 9.47 Å². The summed E-state index contributed by atoms with van der Waals surface area (Å²) < 4.78 is 13.1. The maximum absolute atomic E-state index is 12.3. The zero-order valence-electron chi connectivity index (χ0n) is 17.6. The van der Waals surface area contributed by atoms with Crippen molar-refractivity contribution in [3.8, 4) is 5.75 Å². The van der Waals surface area contributed by atoms with Crippen molar-refractivity contribution in [3.05, 3.63) is 71.5 Å². The normalized spacial score (nSPS) is 11.8. The van der Waals surface area contributed by atoms with Crippen LogP contribution >= 0.6 is 11.8 Å². The molecule has 0 saturated heterocycles. The zero-order valence-corrected chi connectivity index (χ0v) is 18.4. The number of benzene rings is 2. The van der Waals surface area contributed by atoms with E-state index in [2.05, 4.69) is 22.3 Å². The predicted molar refractivity (Wildman–Crippen MR) is 118 cm³/mol. The minimum atomic E-state index is -0.324. The Morgan fingerprint density at radius 2 is 1.80 bits per heavy atom. The predicted octanol–water partition coefficient (Wildman–Crippen LogP) is 4.65. The molecule has 30 heavy (non-hydrogen) atoms. The third-order valence-electron chi connectivity index (χ3n) is 4.53. The van der Waals surface area contributed by atoms with Crippen molar-refractivity contribution in [3.63, 3.8) is 0 Å². The molecule has 2 aromatic carbocycles. The summed E-state index contributed by atoms with van der Waals surface area (Å²) in [5.41, 5.74) is 2.30. The van der Waals surface area contributed by atoms with Gasteiger partial charge in [-0.1, -0.05) is 66.7 Å². The molecule has 1 atom stereocenters. The first kappa shape index (κ1) is 21.9. The SMILES string of the molecule is CCOC(=O)[C@H](CC)Sc1nnc(COc2ccc(C)cc2)n1Cc1ccccc1. The zero-order chi connectivity index (χ0) is 21.3. The summed E-state index contributed by atoms with van der Waals surface area (Å²) in [5.74, 6) is 1.26. The molecule has 0 amide bonds. The van der Waals surface area contributed by atoms with Gasteiger partial charge in [-0.2, -0.15) is 0 Å². The molecule has 0 aliphatic heterocycles. The summed E-state index contributed by atoms with van der Waals surface area (Å²) in [5, 5.41) is 9.07. The number of hydrogen-bond acceptors (Lipinski definition) is 6. The van der Waals surface area contributed by atoms with E-state index in [1.807, 2.05) is 67.8 Å². The lowest BCUT2D eigenvalue weighted by molar-refractivity contribution is -0.142. The summed E-state index contributed by atoms with van der Waals surface area (Å²) >= 11 is 1.39. The van der Waals surface area contributed by atoms with Crippen LogP contribution in [-0.2, 0) is 22.7 Å². The van der Waals surface area contributed by atoms with Gasteiger partial charge in [0.05, 0.1) is 13.2 Å². The quantitative estimate of drug-likeness (QED) is 0.348. The lowest BCUT2D eigenvalue weighted by Crippen LogP contribution is -2.20. The molecular weight excluding hydrogens is 398 g/mol. The second kappa shape index (κ2) is 10.8. The van der Waals surface area contributed by atoms with Crippen LogP contribution in [0, 0.1) is 6.92 Å². The van der Waals surface area contributed by atoms with E-state index in [-0.39, 0.29) is 11.2 Å². The highest BCUT2D eigenvalue weighted by atomic mass is 32.2. The van der Waals surface area contributed by atoms with Gasteiger partial charge in [-0.15, -0.1) is 10.2 Å². The summed E-state index contributed by atoms with van der Waals surface area (Å²) in [7, 11) is 0. The summed E-state index contributed by atoms with van der Waals surface area (Å²) in [4.78, 5) is 12.3. The van der Waals surface area contributed by atoms with E-state index in [0.717, 1.165) is 11.3 Å². The van der Waals surface area contributed by atoms with Gasteiger partial charge >= 0.3 is 5.97 Å². The fourth-order valence-electron chi connectivity index (χ4n) is 2.88. The van der Waals surface area contributed by atoms with Crippen molar-refractivity contribution in [2.75, 3.05) is 6.61 Å². The molecule has 0 radical (unpaired) electrons. The van der Waals surface area contributed by atoms with Crippen LogP contribution in [0.3, 0.4) is 0 Å². The second-order valence-corrected chi connectivity index (χ2v) is 8.01. The first-order valence-corrected chi connectivity index (χ1v) is 11.0. The molecule has 0 N–H and O–H groups in total. The van der Waals surface area contributed by atoms with Crippen molar-refractivity contribution in [2.45, 2.75) is 50.8 Å². The topological polar surface area (TPSA) is 66.2 Å². The summed E-state index contributed by atoms with van der Waals surface area (Å²) in [6, 6.07) is 18.0. The van der Waals surface area contributed by atoms with Crippen LogP contribution in [0.2, 0.25) is 0 Å². The summed E-state index contributed by atoms with van der Waals surface area (Å²) in [6.07, 6.45) is 0.650. The number of thioether (sulfide) groups is 1. The van der Waals surface area contributed by atoms with E-state index < -0.39 is 0 Å². The number of carbonyl (C=O) groups is 1. The molecule has 158 valence electrons. The molecule has 1 heterocycles. The van der Waals surface area contributed by atoms with E-state index >= 15 is 0 Å². The van der Waals surface area contributed by atoms with Crippen LogP contribution in [-0.4, -0.2) is 32.6 Å². The number of esters is 1. The van der Waals surface area contributed by atoms with Crippen LogP contribution in [0.15, 0.2) is 59.8 Å². The van der Waals surface area contributed by atoms with Gasteiger partial charge < -0.3 is 9.47 Å². The van der Waals surface area contributed by atoms with Crippen LogP contribution in [0.25, 0.3) is 0 Å². The lowest BCUT2D eigenvalue weighted by atomic mass is 10.2. The average molecular weight is 426 g/mol. The minimum Gasteiger partial charge on any atom is -0.486 e. The van der Waals surface area contributed by atoms with Gasteiger partial charge in [0, 0.05) is 0 Å². The molecule has 0 unspecified atom stereocenters. The Balaban J connectivity index is 1.82. The largest absolute Gasteiger partial charge is 0.486 e. The number of rotatable bonds is 10. The lowest BCUT2D eigenvalue weighted by Gasteiger charge is -2.15. The fraction of sp³-hybridized carbons (Fsp3) is 0.348. The van der Waals surface area contributed by atoms with Crippen LogP contribution in [0.4, 0.5) is 0 Å². The number of aryl methyl sites for hydroxylation is 1. The first-order valence-electron chi connectivity index (χ1n) is 10.1. The number of ether oxygens (including phenoxy) is 2. The first-order chi connectivity index (χ1) is 14.6. The maximum atomic E-state index is 12.3. The molecule has 6 nitrogen and oxygen atoms in total. The number of aromatic nitrogens is 3. The van der Waals surface area contributed by atoms with Crippen molar-refractivity contribution < 1.29 is 14.3 Å². The average Bonchev–Trinajstić information content (AvgIpc) is 3.13. The second-order valence-electron chi connectivity index (χ2n) is 6.84. The van der Waals surface area contributed by atoms with Crippen molar-refractivity contribution >= 4 is 17.7 Å². The molecule has 0 fully saturated rings. The van der Waals surface area contributed by atoms with E-state index in [1.54, 1.807) is 0 Å². The molecule has 0 saturated carbocycles. The molecule has 0 aliphatic carbocycles. The summed E-state index contributed by atoms with van der Waals surface area (Å²) in [6.45, 7) is 7.07. The van der Waals surface area contributed by atoms with Gasteiger partial charge in [-0.3, -0.25) is 9.36 Å². The van der Waals surface area contributed by atoms with Gasteiger partial charge in [0.15, 0.2) is 11.0 Å². The Morgan fingerprint density at radius 3 is 2.47 bits per heavy atom. The number of nitrogens with zero attached hydrogens (tertiary/aromatic N) is 3. The van der Waals surface area contributed by atoms with E-state index in [1.165, 1.54) is 17.3 Å². The highest BCUT2D eigenvalue weighted by Gasteiger charge is 2.24. The monoisotopic (exact) mass is 425 g/mol. The van der Waals surface area contributed by atoms with Crippen LogP contribution < -0.4 is 4.74 Å². The van der Waals surface area contributed by atoms with Gasteiger partial charge in [-0.25, -0.2) is 0 Å². The Bertz CT molecular complexity index is 942. The number of hydrogen-bond donors (Lipinski definition) is 0. The molecule has 1 aromatic heterocycles. The maximum Gasteiger partial charge on any atom is 0.319 e.